The van der Waals surface area contributed by atoms with Gasteiger partial charge in [-0.3, -0.25) is 4.98 Å². The summed E-state index contributed by atoms with van der Waals surface area (Å²) < 4.78 is 5.80. The first-order chi connectivity index (χ1) is 9.68. The Morgan fingerprint density at radius 3 is 2.85 bits per heavy atom. The van der Waals surface area contributed by atoms with E-state index in [1.54, 1.807) is 6.20 Å². The predicted octanol–water partition coefficient (Wildman–Crippen LogP) is 2.49. The molecule has 2 aromatic rings. The minimum atomic E-state index is -0.486. The maximum Gasteiger partial charge on any atom is 0.145 e. The van der Waals surface area contributed by atoms with Crippen molar-refractivity contribution in [3.8, 4) is 5.75 Å². The molecule has 1 unspecified atom stereocenters. The highest BCUT2D eigenvalue weighted by Crippen LogP contribution is 2.23. The Hall–Kier alpha value is -1.65. The Kier molecular flexibility index (Phi) is 4.93. The molecule has 20 heavy (non-hydrogen) atoms. The lowest BCUT2D eigenvalue weighted by Crippen LogP contribution is -2.43. The van der Waals surface area contributed by atoms with E-state index < -0.39 is 5.54 Å². The predicted molar refractivity (Wildman–Crippen MR) is 80.8 cm³/mol. The average Bonchev–Trinajstić information content (AvgIpc) is 2.51. The number of aliphatic hydroxyl groups excluding tert-OH is 1. The van der Waals surface area contributed by atoms with Gasteiger partial charge in [0, 0.05) is 17.1 Å². The van der Waals surface area contributed by atoms with Crippen molar-refractivity contribution in [1.82, 2.24) is 4.98 Å². The quantitative estimate of drug-likeness (QED) is 0.761. The molecule has 0 fully saturated rings. The van der Waals surface area contributed by atoms with Gasteiger partial charge in [-0.1, -0.05) is 25.1 Å². The van der Waals surface area contributed by atoms with Gasteiger partial charge in [-0.15, -0.1) is 0 Å². The van der Waals surface area contributed by atoms with Crippen molar-refractivity contribution in [2.45, 2.75) is 31.7 Å². The summed E-state index contributed by atoms with van der Waals surface area (Å²) in [6.07, 6.45) is 4.09. The van der Waals surface area contributed by atoms with E-state index in [1.165, 1.54) is 0 Å². The summed E-state index contributed by atoms with van der Waals surface area (Å²) in [7, 11) is 0. The molecule has 4 nitrogen and oxygen atoms in total. The molecule has 0 aliphatic carbocycles. The van der Waals surface area contributed by atoms with Crippen LogP contribution in [-0.4, -0.2) is 28.8 Å². The number of hydrogen-bond donors (Lipinski definition) is 2. The van der Waals surface area contributed by atoms with Crippen molar-refractivity contribution in [3.05, 3.63) is 36.5 Å². The standard InChI is InChI=1S/C16H22N2O2/c1-2-16(17,12-19)9-5-11-20-14-8-3-6-13-7-4-10-18-15(13)14/h3-4,6-8,10,19H,2,5,9,11-12,17H2,1H3. The van der Waals surface area contributed by atoms with Crippen LogP contribution in [0.25, 0.3) is 10.9 Å². The minimum absolute atomic E-state index is 0.0132. The normalized spacial score (nSPS) is 14.2. The topological polar surface area (TPSA) is 68.4 Å². The van der Waals surface area contributed by atoms with Gasteiger partial charge in [0.1, 0.15) is 11.3 Å². The summed E-state index contributed by atoms with van der Waals surface area (Å²) in [5.41, 5.74) is 6.44. The Morgan fingerprint density at radius 2 is 2.10 bits per heavy atom. The van der Waals surface area contributed by atoms with E-state index in [2.05, 4.69) is 4.98 Å². The molecule has 1 aromatic carbocycles. The van der Waals surface area contributed by atoms with Crippen LogP contribution >= 0.6 is 0 Å². The lowest BCUT2D eigenvalue weighted by Gasteiger charge is -2.25. The molecule has 0 saturated heterocycles. The SMILES string of the molecule is CCC(N)(CO)CCCOc1cccc2cccnc12. The fraction of sp³-hybridized carbons (Fsp3) is 0.438. The van der Waals surface area contributed by atoms with Crippen LogP contribution in [0, 0.1) is 0 Å². The minimum Gasteiger partial charge on any atom is -0.491 e. The Bertz CT molecular complexity index is 548. The van der Waals surface area contributed by atoms with Crippen molar-refractivity contribution >= 4 is 10.9 Å². The number of rotatable bonds is 7. The number of fused-ring (bicyclic) bond motifs is 1. The Balaban J connectivity index is 1.94. The van der Waals surface area contributed by atoms with E-state index in [4.69, 9.17) is 10.5 Å². The van der Waals surface area contributed by atoms with Gasteiger partial charge in [-0.25, -0.2) is 0 Å². The maximum absolute atomic E-state index is 9.27. The molecule has 108 valence electrons. The van der Waals surface area contributed by atoms with Crippen LogP contribution in [0.1, 0.15) is 26.2 Å². The first-order valence-corrected chi connectivity index (χ1v) is 7.05. The van der Waals surface area contributed by atoms with E-state index >= 15 is 0 Å². The molecule has 0 radical (unpaired) electrons. The average molecular weight is 274 g/mol. The number of benzene rings is 1. The van der Waals surface area contributed by atoms with Crippen LogP contribution in [0.3, 0.4) is 0 Å². The van der Waals surface area contributed by atoms with Crippen molar-refractivity contribution in [1.29, 1.82) is 0 Å². The lowest BCUT2D eigenvalue weighted by atomic mass is 9.93. The van der Waals surface area contributed by atoms with Gasteiger partial charge in [0.15, 0.2) is 0 Å². The van der Waals surface area contributed by atoms with Gasteiger partial charge in [-0.05, 0) is 31.4 Å². The molecule has 1 atom stereocenters. The summed E-state index contributed by atoms with van der Waals surface area (Å²) in [5, 5.41) is 10.3. The molecule has 3 N–H and O–H groups in total. The Labute approximate surface area is 119 Å². The number of hydrogen-bond acceptors (Lipinski definition) is 4. The maximum atomic E-state index is 9.27. The third-order valence-corrected chi connectivity index (χ3v) is 3.69. The van der Waals surface area contributed by atoms with Crippen molar-refractivity contribution < 1.29 is 9.84 Å². The number of nitrogens with zero attached hydrogens (tertiary/aromatic N) is 1. The second-order valence-corrected chi connectivity index (χ2v) is 5.16. The fourth-order valence-corrected chi connectivity index (χ4v) is 2.17. The van der Waals surface area contributed by atoms with Gasteiger partial charge in [0.25, 0.3) is 0 Å². The summed E-state index contributed by atoms with van der Waals surface area (Å²) in [4.78, 5) is 4.35. The second-order valence-electron chi connectivity index (χ2n) is 5.16. The molecular weight excluding hydrogens is 252 g/mol. The van der Waals surface area contributed by atoms with E-state index in [1.807, 2.05) is 37.3 Å². The largest absolute Gasteiger partial charge is 0.491 e. The van der Waals surface area contributed by atoms with E-state index in [0.29, 0.717) is 6.61 Å². The molecule has 0 aliphatic rings. The summed E-state index contributed by atoms with van der Waals surface area (Å²) in [6.45, 7) is 2.58. The van der Waals surface area contributed by atoms with Gasteiger partial charge in [0.2, 0.25) is 0 Å². The smallest absolute Gasteiger partial charge is 0.145 e. The van der Waals surface area contributed by atoms with Crippen LogP contribution < -0.4 is 10.5 Å². The third kappa shape index (κ3) is 3.46. The third-order valence-electron chi connectivity index (χ3n) is 3.69. The summed E-state index contributed by atoms with van der Waals surface area (Å²) in [6, 6.07) is 9.84. The number of nitrogens with two attached hydrogens (primary N) is 1. The first kappa shape index (κ1) is 14.8. The van der Waals surface area contributed by atoms with Gasteiger partial charge in [-0.2, -0.15) is 0 Å². The van der Waals surface area contributed by atoms with Crippen LogP contribution in [0.2, 0.25) is 0 Å². The molecule has 0 spiro atoms. The molecule has 1 heterocycles. The van der Waals surface area contributed by atoms with E-state index in [9.17, 15) is 5.11 Å². The number of ether oxygens (including phenoxy) is 1. The van der Waals surface area contributed by atoms with Crippen LogP contribution in [0.15, 0.2) is 36.5 Å². The molecule has 0 amide bonds. The highest BCUT2D eigenvalue weighted by atomic mass is 16.5. The summed E-state index contributed by atoms with van der Waals surface area (Å²) >= 11 is 0. The fourth-order valence-electron chi connectivity index (χ4n) is 2.17. The van der Waals surface area contributed by atoms with Gasteiger partial charge < -0.3 is 15.6 Å². The lowest BCUT2D eigenvalue weighted by molar-refractivity contribution is 0.172. The van der Waals surface area contributed by atoms with Gasteiger partial charge >= 0.3 is 0 Å². The zero-order valence-corrected chi connectivity index (χ0v) is 11.9. The number of aromatic nitrogens is 1. The Morgan fingerprint density at radius 1 is 1.30 bits per heavy atom. The molecular formula is C16H22N2O2. The zero-order chi connectivity index (χ0) is 14.4. The molecule has 2 rings (SSSR count). The highest BCUT2D eigenvalue weighted by Gasteiger charge is 2.20. The second kappa shape index (κ2) is 6.68. The molecule has 0 saturated carbocycles. The number of para-hydroxylation sites is 1. The van der Waals surface area contributed by atoms with E-state index in [-0.39, 0.29) is 6.61 Å². The van der Waals surface area contributed by atoms with Crippen molar-refractivity contribution in [3.63, 3.8) is 0 Å². The van der Waals surface area contributed by atoms with E-state index in [0.717, 1.165) is 35.9 Å². The van der Waals surface area contributed by atoms with Crippen molar-refractivity contribution in [2.75, 3.05) is 13.2 Å². The molecule has 0 aliphatic heterocycles. The monoisotopic (exact) mass is 274 g/mol. The first-order valence-electron chi connectivity index (χ1n) is 7.05. The van der Waals surface area contributed by atoms with Gasteiger partial charge in [0.05, 0.1) is 13.2 Å². The number of pyridine rings is 1. The van der Waals surface area contributed by atoms with Crippen LogP contribution in [-0.2, 0) is 0 Å². The van der Waals surface area contributed by atoms with Crippen molar-refractivity contribution in [2.24, 2.45) is 5.73 Å². The molecule has 1 aromatic heterocycles. The molecule has 4 heteroatoms. The van der Waals surface area contributed by atoms with Crippen LogP contribution in [0.4, 0.5) is 0 Å². The summed E-state index contributed by atoms with van der Waals surface area (Å²) in [5.74, 6) is 0.797. The van der Waals surface area contributed by atoms with Crippen LogP contribution in [0.5, 0.6) is 5.75 Å². The number of aliphatic hydroxyl groups is 1. The highest BCUT2D eigenvalue weighted by molar-refractivity contribution is 5.84. The zero-order valence-electron chi connectivity index (χ0n) is 11.9. The molecule has 0 bridgehead atoms.